The molecular weight excluding hydrogens is 537 g/mol. The number of ether oxygens (including phenoxy) is 1. The van der Waals surface area contributed by atoms with Crippen LogP contribution < -0.4 is 8.92 Å². The summed E-state index contributed by atoms with van der Waals surface area (Å²) in [6.07, 6.45) is 1.60. The zero-order valence-electron chi connectivity index (χ0n) is 16.9. The number of allylic oxidation sites excluding steroid dienone is 1. The first-order chi connectivity index (χ1) is 15.1. The third-order valence-corrected chi connectivity index (χ3v) is 6.78. The Morgan fingerprint density at radius 1 is 1.09 bits per heavy atom. The molecule has 0 aromatic heterocycles. The van der Waals surface area contributed by atoms with Gasteiger partial charge in [-0.15, -0.1) is 0 Å². The van der Waals surface area contributed by atoms with Gasteiger partial charge in [0, 0.05) is 10.6 Å². The smallest absolute Gasteiger partial charge is 0.339 e. The molecule has 0 radical (unpaired) electrons. The van der Waals surface area contributed by atoms with E-state index in [9.17, 15) is 13.7 Å². The van der Waals surface area contributed by atoms with Crippen LogP contribution in [0.4, 0.5) is 0 Å². The second kappa shape index (κ2) is 9.97. The molecule has 0 aliphatic carbocycles. The first-order valence-corrected chi connectivity index (χ1v) is 12.1. The molecule has 32 heavy (non-hydrogen) atoms. The molecule has 0 saturated heterocycles. The summed E-state index contributed by atoms with van der Waals surface area (Å²) < 4.78 is 36.5. The van der Waals surface area contributed by atoms with Crippen LogP contribution in [0.2, 0.25) is 10.0 Å². The van der Waals surface area contributed by atoms with Crippen molar-refractivity contribution in [2.24, 2.45) is 0 Å². The SMILES string of the molecule is COc1cc(/C=C(\C#N)c2ccc(Cl)cc2Cl)cc(Br)c1OS(=O)(=O)c1ccc(C)cc1. The van der Waals surface area contributed by atoms with Gasteiger partial charge in [-0.05, 0) is 70.9 Å². The van der Waals surface area contributed by atoms with Crippen molar-refractivity contribution in [2.75, 3.05) is 7.11 Å². The van der Waals surface area contributed by atoms with Gasteiger partial charge in [-0.3, -0.25) is 0 Å². The fraction of sp³-hybridized carbons (Fsp3) is 0.0870. The van der Waals surface area contributed by atoms with Gasteiger partial charge < -0.3 is 8.92 Å². The van der Waals surface area contributed by atoms with Gasteiger partial charge in [0.25, 0.3) is 0 Å². The number of nitriles is 1. The molecule has 9 heteroatoms. The molecule has 5 nitrogen and oxygen atoms in total. The molecule has 0 amide bonds. The summed E-state index contributed by atoms with van der Waals surface area (Å²) in [5.41, 5.74) is 2.29. The maximum absolute atomic E-state index is 12.7. The number of hydrogen-bond donors (Lipinski definition) is 0. The highest BCUT2D eigenvalue weighted by Gasteiger charge is 2.22. The number of hydrogen-bond acceptors (Lipinski definition) is 5. The molecule has 0 unspecified atom stereocenters. The minimum Gasteiger partial charge on any atom is -0.493 e. The summed E-state index contributed by atoms with van der Waals surface area (Å²) in [6, 6.07) is 16.4. The summed E-state index contributed by atoms with van der Waals surface area (Å²) >= 11 is 15.5. The van der Waals surface area contributed by atoms with E-state index >= 15 is 0 Å². The average Bonchev–Trinajstić information content (AvgIpc) is 2.74. The molecule has 0 saturated carbocycles. The van der Waals surface area contributed by atoms with Crippen molar-refractivity contribution in [1.82, 2.24) is 0 Å². The van der Waals surface area contributed by atoms with Crippen LogP contribution in [0.15, 0.2) is 64.0 Å². The van der Waals surface area contributed by atoms with Gasteiger partial charge in [0.2, 0.25) is 0 Å². The molecule has 3 aromatic carbocycles. The summed E-state index contributed by atoms with van der Waals surface area (Å²) in [4.78, 5) is 0.0187. The molecule has 0 aliphatic rings. The Bertz CT molecular complexity index is 1350. The Morgan fingerprint density at radius 3 is 2.38 bits per heavy atom. The zero-order chi connectivity index (χ0) is 23.5. The lowest BCUT2D eigenvalue weighted by Gasteiger charge is -2.14. The van der Waals surface area contributed by atoms with E-state index in [1.165, 1.54) is 19.2 Å². The van der Waals surface area contributed by atoms with Crippen molar-refractivity contribution < 1.29 is 17.3 Å². The molecular formula is C23H16BrCl2NO4S. The van der Waals surface area contributed by atoms with Crippen molar-refractivity contribution >= 4 is 60.9 Å². The van der Waals surface area contributed by atoms with E-state index in [2.05, 4.69) is 22.0 Å². The van der Waals surface area contributed by atoms with E-state index in [0.717, 1.165) is 5.56 Å². The predicted molar refractivity (Wildman–Crippen MR) is 130 cm³/mol. The monoisotopic (exact) mass is 551 g/mol. The van der Waals surface area contributed by atoms with E-state index in [1.54, 1.807) is 48.5 Å². The van der Waals surface area contributed by atoms with Gasteiger partial charge >= 0.3 is 10.1 Å². The van der Waals surface area contributed by atoms with Gasteiger partial charge in [0.1, 0.15) is 4.90 Å². The van der Waals surface area contributed by atoms with Crippen LogP contribution >= 0.6 is 39.1 Å². The van der Waals surface area contributed by atoms with Crippen LogP contribution in [0.1, 0.15) is 16.7 Å². The molecule has 0 fully saturated rings. The Labute approximate surface area is 205 Å². The Hall–Kier alpha value is -2.50. The van der Waals surface area contributed by atoms with Crippen LogP contribution in [-0.4, -0.2) is 15.5 Å². The number of halogens is 3. The number of rotatable bonds is 6. The molecule has 3 rings (SSSR count). The van der Waals surface area contributed by atoms with Crippen LogP contribution in [-0.2, 0) is 10.1 Å². The van der Waals surface area contributed by atoms with Gasteiger partial charge in [-0.2, -0.15) is 13.7 Å². The quantitative estimate of drug-likeness (QED) is 0.189. The molecule has 3 aromatic rings. The lowest BCUT2D eigenvalue weighted by Crippen LogP contribution is -2.11. The number of benzene rings is 3. The van der Waals surface area contributed by atoms with Crippen LogP contribution in [0.3, 0.4) is 0 Å². The van der Waals surface area contributed by atoms with E-state index in [0.29, 0.717) is 31.2 Å². The second-order valence-corrected chi connectivity index (χ2v) is 9.92. The van der Waals surface area contributed by atoms with Crippen molar-refractivity contribution in [3.63, 3.8) is 0 Å². The third kappa shape index (κ3) is 5.45. The van der Waals surface area contributed by atoms with Gasteiger partial charge in [0.15, 0.2) is 11.5 Å². The zero-order valence-corrected chi connectivity index (χ0v) is 20.8. The van der Waals surface area contributed by atoms with E-state index in [1.807, 2.05) is 6.92 Å². The largest absolute Gasteiger partial charge is 0.493 e. The highest BCUT2D eigenvalue weighted by Crippen LogP contribution is 2.39. The first kappa shape index (κ1) is 24.1. The second-order valence-electron chi connectivity index (χ2n) is 6.68. The van der Waals surface area contributed by atoms with Gasteiger partial charge in [0.05, 0.1) is 28.2 Å². The highest BCUT2D eigenvalue weighted by molar-refractivity contribution is 9.10. The van der Waals surface area contributed by atoms with Crippen LogP contribution in [0.5, 0.6) is 11.5 Å². The topological polar surface area (TPSA) is 76.4 Å². The molecule has 0 atom stereocenters. The van der Waals surface area contributed by atoms with Crippen LogP contribution in [0.25, 0.3) is 11.6 Å². The molecule has 0 aliphatic heterocycles. The lowest BCUT2D eigenvalue weighted by molar-refractivity contribution is 0.389. The number of nitrogens with zero attached hydrogens (tertiary/aromatic N) is 1. The van der Waals surface area contributed by atoms with Crippen molar-refractivity contribution in [3.05, 3.63) is 85.8 Å². The molecule has 0 heterocycles. The van der Waals surface area contributed by atoms with E-state index < -0.39 is 10.1 Å². The standard InChI is InChI=1S/C23H16BrCl2NO4S/c1-14-3-6-18(7-4-14)32(28,29)31-23-20(24)10-15(11-22(23)30-2)9-16(13-27)19-8-5-17(25)12-21(19)26/h3-12H,1-2H3/b16-9+. The Balaban J connectivity index is 2.02. The number of methoxy groups -OCH3 is 1. The fourth-order valence-corrected chi connectivity index (χ4v) is 4.93. The summed E-state index contributed by atoms with van der Waals surface area (Å²) in [5.74, 6) is 0.161. The maximum atomic E-state index is 12.7. The average molecular weight is 553 g/mol. The number of aryl methyl sites for hydroxylation is 1. The fourth-order valence-electron chi connectivity index (χ4n) is 2.81. The van der Waals surface area contributed by atoms with E-state index in [-0.39, 0.29) is 16.4 Å². The summed E-state index contributed by atoms with van der Waals surface area (Å²) in [5, 5.41) is 10.4. The van der Waals surface area contributed by atoms with E-state index in [4.69, 9.17) is 32.1 Å². The molecule has 164 valence electrons. The highest BCUT2D eigenvalue weighted by atomic mass is 79.9. The van der Waals surface area contributed by atoms with Gasteiger partial charge in [-0.1, -0.05) is 47.0 Å². The minimum atomic E-state index is -4.09. The Morgan fingerprint density at radius 2 is 1.78 bits per heavy atom. The lowest BCUT2D eigenvalue weighted by atomic mass is 10.0. The Kier molecular flexibility index (Phi) is 7.52. The predicted octanol–water partition coefficient (Wildman–Crippen LogP) is 6.90. The van der Waals surface area contributed by atoms with Crippen molar-refractivity contribution in [1.29, 1.82) is 5.26 Å². The normalized spacial score (nSPS) is 11.7. The third-order valence-electron chi connectivity index (χ3n) is 4.41. The van der Waals surface area contributed by atoms with Crippen LogP contribution in [0, 0.1) is 18.3 Å². The first-order valence-electron chi connectivity index (χ1n) is 9.10. The molecule has 0 N–H and O–H groups in total. The minimum absolute atomic E-state index is 0.00624. The van der Waals surface area contributed by atoms with Crippen molar-refractivity contribution in [2.45, 2.75) is 11.8 Å². The molecule has 0 bridgehead atoms. The van der Waals surface area contributed by atoms with Crippen molar-refractivity contribution in [3.8, 4) is 17.6 Å². The molecule has 0 spiro atoms. The van der Waals surface area contributed by atoms with Gasteiger partial charge in [-0.25, -0.2) is 0 Å². The maximum Gasteiger partial charge on any atom is 0.339 e. The summed E-state index contributed by atoms with van der Waals surface area (Å²) in [6.45, 7) is 1.86. The summed E-state index contributed by atoms with van der Waals surface area (Å²) in [7, 11) is -2.70.